The van der Waals surface area contributed by atoms with Crippen LogP contribution >= 0.6 is 0 Å². The van der Waals surface area contributed by atoms with E-state index < -0.39 is 10.2 Å². The number of unbranched alkanes of at least 4 members (excludes halogenated alkanes) is 1. The van der Waals surface area contributed by atoms with E-state index in [-0.39, 0.29) is 18.2 Å². The van der Waals surface area contributed by atoms with Gasteiger partial charge in [-0.15, -0.1) is 0 Å². The van der Waals surface area contributed by atoms with Crippen molar-refractivity contribution in [1.29, 1.82) is 0 Å². The monoisotopic (exact) mass is 277 g/mol. The Bertz CT molecular complexity index is 387. The van der Waals surface area contributed by atoms with Gasteiger partial charge in [-0.25, -0.2) is 0 Å². The molecule has 18 heavy (non-hydrogen) atoms. The summed E-state index contributed by atoms with van der Waals surface area (Å²) < 4.78 is 33.7. The summed E-state index contributed by atoms with van der Waals surface area (Å²) in [4.78, 5) is 0. The van der Waals surface area contributed by atoms with E-state index in [1.54, 1.807) is 7.05 Å². The zero-order valence-electron chi connectivity index (χ0n) is 11.0. The molecule has 106 valence electrons. The number of nitrogens with two attached hydrogens (primary N) is 1. The first-order chi connectivity index (χ1) is 8.47. The van der Waals surface area contributed by atoms with Crippen molar-refractivity contribution in [2.24, 2.45) is 11.7 Å². The van der Waals surface area contributed by atoms with Crippen LogP contribution in [0, 0.1) is 5.92 Å². The molecule has 0 aromatic rings. The molecule has 4 atom stereocenters. The number of nitrogens with zero attached hydrogens (tertiary/aromatic N) is 1. The van der Waals surface area contributed by atoms with E-state index in [9.17, 15) is 8.42 Å². The summed E-state index contributed by atoms with van der Waals surface area (Å²) in [7, 11) is -1.85. The van der Waals surface area contributed by atoms with Crippen LogP contribution in [0.4, 0.5) is 0 Å². The lowest BCUT2D eigenvalue weighted by molar-refractivity contribution is -0.00974. The van der Waals surface area contributed by atoms with Gasteiger partial charge in [0.15, 0.2) is 0 Å². The Morgan fingerprint density at radius 2 is 2.22 bits per heavy atom. The fourth-order valence-corrected chi connectivity index (χ4v) is 3.84. The zero-order valence-corrected chi connectivity index (χ0v) is 11.8. The molecule has 0 spiro atoms. The fourth-order valence-electron chi connectivity index (χ4n) is 2.66. The molecule has 0 amide bonds. The molecular formula is C11H23N3O3S. The number of ether oxygens (including phenoxy) is 1. The first kappa shape index (κ1) is 14.2. The lowest BCUT2D eigenvalue weighted by Crippen LogP contribution is -2.69. The van der Waals surface area contributed by atoms with Gasteiger partial charge in [-0.2, -0.15) is 17.4 Å². The van der Waals surface area contributed by atoms with Crippen molar-refractivity contribution in [3.8, 4) is 0 Å². The molecule has 1 aliphatic heterocycles. The standard InChI is InChI=1S/C11H23N3O3S/c1-3-4-6-14(2)18(15,16)13-10-9(12)8-5-7-17-11(8)10/h8-11,13H,3-7,12H2,1-2H3. The van der Waals surface area contributed by atoms with E-state index in [2.05, 4.69) is 4.72 Å². The Morgan fingerprint density at radius 1 is 1.50 bits per heavy atom. The summed E-state index contributed by atoms with van der Waals surface area (Å²) in [6, 6.07) is -0.390. The van der Waals surface area contributed by atoms with E-state index in [1.165, 1.54) is 4.31 Å². The molecule has 2 rings (SSSR count). The number of nitrogens with one attached hydrogen (secondary N) is 1. The minimum Gasteiger partial charge on any atom is -0.376 e. The van der Waals surface area contributed by atoms with Gasteiger partial charge in [-0.3, -0.25) is 0 Å². The second-order valence-corrected chi connectivity index (χ2v) is 7.00. The molecular weight excluding hydrogens is 254 g/mol. The van der Waals surface area contributed by atoms with Crippen molar-refractivity contribution in [2.75, 3.05) is 20.2 Å². The zero-order chi connectivity index (χ0) is 13.3. The minimum atomic E-state index is -3.44. The predicted octanol–water partition coefficient (Wildman–Crippen LogP) is -0.333. The highest BCUT2D eigenvalue weighted by Crippen LogP contribution is 2.38. The van der Waals surface area contributed by atoms with Gasteiger partial charge in [0.2, 0.25) is 0 Å². The van der Waals surface area contributed by atoms with Crippen LogP contribution in [0.25, 0.3) is 0 Å². The molecule has 0 aromatic carbocycles. The largest absolute Gasteiger partial charge is 0.376 e. The highest BCUT2D eigenvalue weighted by Gasteiger charge is 2.53. The molecule has 1 heterocycles. The Kier molecular flexibility index (Phi) is 4.28. The second kappa shape index (κ2) is 5.42. The molecule has 0 radical (unpaired) electrons. The molecule has 0 aromatic heterocycles. The van der Waals surface area contributed by atoms with Gasteiger partial charge >= 0.3 is 0 Å². The maximum Gasteiger partial charge on any atom is 0.279 e. The van der Waals surface area contributed by atoms with Crippen LogP contribution in [0.3, 0.4) is 0 Å². The van der Waals surface area contributed by atoms with Crippen molar-refractivity contribution < 1.29 is 13.2 Å². The van der Waals surface area contributed by atoms with Crippen LogP contribution in [-0.2, 0) is 14.9 Å². The number of rotatable bonds is 6. The van der Waals surface area contributed by atoms with Gasteiger partial charge in [0.05, 0.1) is 12.1 Å². The summed E-state index contributed by atoms with van der Waals surface area (Å²) in [5, 5.41) is 0. The lowest BCUT2D eigenvalue weighted by atomic mass is 9.73. The summed E-state index contributed by atoms with van der Waals surface area (Å²) in [6.45, 7) is 3.25. The highest BCUT2D eigenvalue weighted by molar-refractivity contribution is 7.87. The summed E-state index contributed by atoms with van der Waals surface area (Å²) in [5.41, 5.74) is 5.99. The molecule has 1 saturated carbocycles. The average Bonchev–Trinajstić information content (AvgIpc) is 2.77. The average molecular weight is 277 g/mol. The second-order valence-electron chi connectivity index (χ2n) is 5.19. The SMILES string of the molecule is CCCCN(C)S(=O)(=O)NC1C(N)C2CCOC21. The van der Waals surface area contributed by atoms with Gasteiger partial charge in [0, 0.05) is 32.2 Å². The van der Waals surface area contributed by atoms with E-state index in [4.69, 9.17) is 10.5 Å². The van der Waals surface area contributed by atoms with E-state index in [1.807, 2.05) is 6.92 Å². The Morgan fingerprint density at radius 3 is 2.89 bits per heavy atom. The first-order valence-electron chi connectivity index (χ1n) is 6.58. The Labute approximate surface area is 109 Å². The molecule has 6 nitrogen and oxygen atoms in total. The molecule has 2 fully saturated rings. The number of fused-ring (bicyclic) bond motifs is 1. The van der Waals surface area contributed by atoms with Crippen molar-refractivity contribution in [2.45, 2.75) is 44.4 Å². The quantitative estimate of drug-likeness (QED) is 0.696. The molecule has 7 heteroatoms. The van der Waals surface area contributed by atoms with Crippen LogP contribution in [0.1, 0.15) is 26.2 Å². The van der Waals surface area contributed by atoms with Gasteiger partial charge < -0.3 is 10.5 Å². The van der Waals surface area contributed by atoms with E-state index in [0.717, 1.165) is 19.3 Å². The third-order valence-electron chi connectivity index (χ3n) is 3.97. The number of hydrogen-bond donors (Lipinski definition) is 2. The van der Waals surface area contributed by atoms with Crippen molar-refractivity contribution in [3.05, 3.63) is 0 Å². The first-order valence-corrected chi connectivity index (χ1v) is 8.02. The highest BCUT2D eigenvalue weighted by atomic mass is 32.2. The summed E-state index contributed by atoms with van der Waals surface area (Å²) in [6.07, 6.45) is 2.73. The molecule has 2 aliphatic rings. The van der Waals surface area contributed by atoms with Crippen molar-refractivity contribution in [3.63, 3.8) is 0 Å². The van der Waals surface area contributed by atoms with Crippen LogP contribution in [0.5, 0.6) is 0 Å². The molecule has 0 bridgehead atoms. The minimum absolute atomic E-state index is 0.0330. The summed E-state index contributed by atoms with van der Waals surface area (Å²) in [5.74, 6) is 0.318. The normalized spacial score (nSPS) is 35.6. The van der Waals surface area contributed by atoms with Crippen LogP contribution in [0.15, 0.2) is 0 Å². The van der Waals surface area contributed by atoms with Gasteiger partial charge in [-0.1, -0.05) is 13.3 Å². The molecule has 3 N–H and O–H groups in total. The van der Waals surface area contributed by atoms with Crippen molar-refractivity contribution in [1.82, 2.24) is 9.03 Å². The van der Waals surface area contributed by atoms with Crippen LogP contribution < -0.4 is 10.5 Å². The smallest absolute Gasteiger partial charge is 0.279 e. The number of hydrogen-bond acceptors (Lipinski definition) is 4. The van der Waals surface area contributed by atoms with Crippen molar-refractivity contribution >= 4 is 10.2 Å². The van der Waals surface area contributed by atoms with E-state index >= 15 is 0 Å². The molecule has 4 unspecified atom stereocenters. The van der Waals surface area contributed by atoms with Gasteiger partial charge in [0.1, 0.15) is 0 Å². The maximum absolute atomic E-state index is 12.1. The maximum atomic E-state index is 12.1. The third kappa shape index (κ3) is 2.55. The lowest BCUT2D eigenvalue weighted by Gasteiger charge is -2.45. The van der Waals surface area contributed by atoms with E-state index in [0.29, 0.717) is 19.1 Å². The van der Waals surface area contributed by atoms with Crippen LogP contribution in [0.2, 0.25) is 0 Å². The molecule has 1 aliphatic carbocycles. The Balaban J connectivity index is 1.92. The van der Waals surface area contributed by atoms with Gasteiger partial charge in [0.25, 0.3) is 10.2 Å². The molecule has 1 saturated heterocycles. The summed E-state index contributed by atoms with van der Waals surface area (Å²) >= 11 is 0. The third-order valence-corrected chi connectivity index (χ3v) is 5.54. The van der Waals surface area contributed by atoms with Crippen LogP contribution in [-0.4, -0.2) is 51.1 Å². The fraction of sp³-hybridized carbons (Fsp3) is 1.00. The predicted molar refractivity (Wildman–Crippen MR) is 69.2 cm³/mol. The topological polar surface area (TPSA) is 84.7 Å². The Hall–Kier alpha value is -0.210. The van der Waals surface area contributed by atoms with Gasteiger partial charge in [-0.05, 0) is 12.8 Å².